The summed E-state index contributed by atoms with van der Waals surface area (Å²) < 4.78 is 1.15. The number of aliphatic hydroxyl groups excluding tert-OH is 1. The van der Waals surface area contributed by atoms with E-state index in [-0.39, 0.29) is 12.1 Å². The lowest BCUT2D eigenvalue weighted by atomic mass is 10.1. The molecule has 3 heteroatoms. The monoisotopic (exact) mass is 283 g/mol. The maximum Gasteiger partial charge on any atom is 0.0718 e. The Balaban J connectivity index is 2.45. The number of hydrogen-bond donors (Lipinski definition) is 1. The molecule has 1 aromatic carbocycles. The standard InChI is InChI=1S/C13H18BrNO/c1-8(2)15-12-6-4-5-11(14)10(12)7-13(15)9(3)16/h4-6,8-9,13,16H,7H2,1-3H3. The molecule has 2 nitrogen and oxygen atoms in total. The van der Waals surface area contributed by atoms with Gasteiger partial charge < -0.3 is 10.0 Å². The smallest absolute Gasteiger partial charge is 0.0718 e. The van der Waals surface area contributed by atoms with E-state index < -0.39 is 0 Å². The molecule has 0 fully saturated rings. The van der Waals surface area contributed by atoms with Gasteiger partial charge in [-0.15, -0.1) is 0 Å². The second-order valence-electron chi connectivity index (χ2n) is 4.75. The number of rotatable bonds is 2. The molecule has 2 atom stereocenters. The van der Waals surface area contributed by atoms with Crippen LogP contribution >= 0.6 is 15.9 Å². The van der Waals surface area contributed by atoms with E-state index in [2.05, 4.69) is 52.9 Å². The van der Waals surface area contributed by atoms with Crippen LogP contribution in [0.2, 0.25) is 0 Å². The second kappa shape index (κ2) is 4.38. The summed E-state index contributed by atoms with van der Waals surface area (Å²) in [6.07, 6.45) is 0.619. The summed E-state index contributed by atoms with van der Waals surface area (Å²) in [5.41, 5.74) is 2.58. The fourth-order valence-electron chi connectivity index (χ4n) is 2.54. The Hall–Kier alpha value is -0.540. The molecule has 0 bridgehead atoms. The summed E-state index contributed by atoms with van der Waals surface area (Å²) >= 11 is 3.59. The van der Waals surface area contributed by atoms with Gasteiger partial charge in [0.1, 0.15) is 0 Å². The predicted octanol–water partition coefficient (Wildman–Crippen LogP) is 2.97. The van der Waals surface area contributed by atoms with Crippen LogP contribution in [0.15, 0.2) is 22.7 Å². The van der Waals surface area contributed by atoms with Gasteiger partial charge in [0.25, 0.3) is 0 Å². The van der Waals surface area contributed by atoms with Gasteiger partial charge >= 0.3 is 0 Å². The van der Waals surface area contributed by atoms with Crippen molar-refractivity contribution < 1.29 is 5.11 Å². The molecule has 0 amide bonds. The zero-order valence-electron chi connectivity index (χ0n) is 9.94. The summed E-state index contributed by atoms with van der Waals surface area (Å²) in [7, 11) is 0. The largest absolute Gasteiger partial charge is 0.391 e. The zero-order chi connectivity index (χ0) is 11.9. The summed E-state index contributed by atoms with van der Waals surface area (Å²) in [6.45, 7) is 6.22. The first kappa shape index (κ1) is 11.9. The molecule has 0 saturated carbocycles. The number of aliphatic hydroxyl groups is 1. The highest BCUT2D eigenvalue weighted by atomic mass is 79.9. The van der Waals surface area contributed by atoms with Crippen molar-refractivity contribution in [3.05, 3.63) is 28.2 Å². The normalized spacial score (nSPS) is 21.4. The van der Waals surface area contributed by atoms with Crippen molar-refractivity contribution in [2.24, 2.45) is 0 Å². The van der Waals surface area contributed by atoms with Crippen molar-refractivity contribution in [2.45, 2.75) is 45.4 Å². The minimum Gasteiger partial charge on any atom is -0.391 e. The van der Waals surface area contributed by atoms with Crippen LogP contribution in [0.1, 0.15) is 26.3 Å². The van der Waals surface area contributed by atoms with Gasteiger partial charge in [-0.25, -0.2) is 0 Å². The number of fused-ring (bicyclic) bond motifs is 1. The van der Waals surface area contributed by atoms with Crippen molar-refractivity contribution >= 4 is 21.6 Å². The number of halogens is 1. The topological polar surface area (TPSA) is 23.5 Å². The highest BCUT2D eigenvalue weighted by Gasteiger charge is 2.34. The van der Waals surface area contributed by atoms with E-state index in [0.29, 0.717) is 6.04 Å². The first-order valence-electron chi connectivity index (χ1n) is 5.76. The summed E-state index contributed by atoms with van der Waals surface area (Å²) in [5.74, 6) is 0. The quantitative estimate of drug-likeness (QED) is 0.902. The van der Waals surface area contributed by atoms with Gasteiger partial charge in [0.15, 0.2) is 0 Å². The van der Waals surface area contributed by atoms with E-state index in [0.717, 1.165) is 10.9 Å². The van der Waals surface area contributed by atoms with Gasteiger partial charge in [0.05, 0.1) is 12.1 Å². The Morgan fingerprint density at radius 1 is 1.38 bits per heavy atom. The predicted molar refractivity (Wildman–Crippen MR) is 70.9 cm³/mol. The molecule has 1 heterocycles. The average Bonchev–Trinajstić information content (AvgIpc) is 2.58. The van der Waals surface area contributed by atoms with Gasteiger partial charge in [-0.05, 0) is 44.9 Å². The van der Waals surface area contributed by atoms with Crippen molar-refractivity contribution in [2.75, 3.05) is 4.90 Å². The summed E-state index contributed by atoms with van der Waals surface area (Å²) in [4.78, 5) is 2.32. The zero-order valence-corrected chi connectivity index (χ0v) is 11.5. The molecule has 1 N–H and O–H groups in total. The van der Waals surface area contributed by atoms with Crippen LogP contribution in [0.4, 0.5) is 5.69 Å². The SMILES string of the molecule is CC(O)C1Cc2c(Br)cccc2N1C(C)C. The van der Waals surface area contributed by atoms with Crippen molar-refractivity contribution in [1.29, 1.82) is 0 Å². The minimum absolute atomic E-state index is 0.202. The molecule has 1 aliphatic heterocycles. The third-order valence-corrected chi connectivity index (χ3v) is 4.00. The molecule has 2 unspecified atom stereocenters. The van der Waals surface area contributed by atoms with Crippen LogP contribution in [-0.2, 0) is 6.42 Å². The molecular formula is C13H18BrNO. The number of hydrogen-bond acceptors (Lipinski definition) is 2. The second-order valence-corrected chi connectivity index (χ2v) is 5.60. The Kier molecular flexibility index (Phi) is 3.27. The van der Waals surface area contributed by atoms with E-state index >= 15 is 0 Å². The highest BCUT2D eigenvalue weighted by molar-refractivity contribution is 9.10. The number of benzene rings is 1. The molecule has 0 aromatic heterocycles. The third-order valence-electron chi connectivity index (χ3n) is 3.26. The average molecular weight is 284 g/mol. The molecule has 1 aromatic rings. The van der Waals surface area contributed by atoms with Crippen LogP contribution in [0.5, 0.6) is 0 Å². The van der Waals surface area contributed by atoms with Crippen LogP contribution in [0, 0.1) is 0 Å². The molecule has 0 saturated heterocycles. The van der Waals surface area contributed by atoms with E-state index in [1.165, 1.54) is 11.3 Å². The maximum atomic E-state index is 9.88. The molecular weight excluding hydrogens is 266 g/mol. The van der Waals surface area contributed by atoms with E-state index in [9.17, 15) is 5.11 Å². The van der Waals surface area contributed by atoms with Crippen molar-refractivity contribution in [3.63, 3.8) is 0 Å². The lowest BCUT2D eigenvalue weighted by molar-refractivity contribution is 0.159. The molecule has 16 heavy (non-hydrogen) atoms. The first-order chi connectivity index (χ1) is 7.52. The summed E-state index contributed by atoms with van der Waals surface area (Å²) in [6, 6.07) is 6.89. The molecule has 0 spiro atoms. The van der Waals surface area contributed by atoms with Gasteiger partial charge in [0.2, 0.25) is 0 Å². The lowest BCUT2D eigenvalue weighted by Gasteiger charge is -2.33. The maximum absolute atomic E-state index is 9.88. The molecule has 0 radical (unpaired) electrons. The molecule has 2 rings (SSSR count). The Morgan fingerprint density at radius 3 is 2.62 bits per heavy atom. The van der Waals surface area contributed by atoms with E-state index in [1.807, 2.05) is 6.92 Å². The van der Waals surface area contributed by atoms with Gasteiger partial charge in [-0.2, -0.15) is 0 Å². The van der Waals surface area contributed by atoms with Crippen LogP contribution in [0.3, 0.4) is 0 Å². The third kappa shape index (κ3) is 1.87. The van der Waals surface area contributed by atoms with Crippen molar-refractivity contribution in [3.8, 4) is 0 Å². The van der Waals surface area contributed by atoms with Gasteiger partial charge in [-0.3, -0.25) is 0 Å². The van der Waals surface area contributed by atoms with E-state index in [1.54, 1.807) is 0 Å². The Bertz CT molecular complexity index is 390. The fourth-order valence-corrected chi connectivity index (χ4v) is 3.06. The molecule has 1 aliphatic rings. The fraction of sp³-hybridized carbons (Fsp3) is 0.538. The summed E-state index contributed by atoms with van der Waals surface area (Å²) in [5, 5.41) is 9.88. The van der Waals surface area contributed by atoms with E-state index in [4.69, 9.17) is 0 Å². The van der Waals surface area contributed by atoms with Gasteiger partial charge in [-0.1, -0.05) is 22.0 Å². The Morgan fingerprint density at radius 2 is 2.06 bits per heavy atom. The molecule has 88 valence electrons. The number of anilines is 1. The van der Waals surface area contributed by atoms with Gasteiger partial charge in [0, 0.05) is 16.2 Å². The van der Waals surface area contributed by atoms with Crippen LogP contribution in [0.25, 0.3) is 0 Å². The minimum atomic E-state index is -0.304. The first-order valence-corrected chi connectivity index (χ1v) is 6.55. The Labute approximate surface area is 105 Å². The van der Waals surface area contributed by atoms with Crippen LogP contribution in [-0.4, -0.2) is 23.3 Å². The lowest BCUT2D eigenvalue weighted by Crippen LogP contribution is -2.44. The van der Waals surface area contributed by atoms with Crippen LogP contribution < -0.4 is 4.90 Å². The molecule has 0 aliphatic carbocycles. The highest BCUT2D eigenvalue weighted by Crippen LogP contribution is 2.38. The van der Waals surface area contributed by atoms with Crippen molar-refractivity contribution in [1.82, 2.24) is 0 Å². The number of nitrogens with zero attached hydrogens (tertiary/aromatic N) is 1.